The third kappa shape index (κ3) is 20.5. The zero-order chi connectivity index (χ0) is 75.9. The van der Waals surface area contributed by atoms with E-state index in [4.69, 9.17) is 5.11 Å². The minimum Gasteiger partial charge on any atom is -0.872 e. The van der Waals surface area contributed by atoms with Crippen LogP contribution in [0.2, 0.25) is 0 Å². The first-order valence-corrected chi connectivity index (χ1v) is 38.0. The molecule has 0 amide bonds. The smallest absolute Gasteiger partial charge is 0.411 e. The number of aliphatic hydroxyl groups is 1. The molecule has 4 bridgehead atoms. The van der Waals surface area contributed by atoms with Crippen molar-refractivity contribution in [2.24, 2.45) is 23.2 Å². The van der Waals surface area contributed by atoms with Gasteiger partial charge < -0.3 is 39.9 Å². The number of rotatable bonds is 18. The first-order chi connectivity index (χ1) is 50.8. The van der Waals surface area contributed by atoms with Gasteiger partial charge in [0.15, 0.2) is 44.1 Å². The van der Waals surface area contributed by atoms with E-state index in [2.05, 4.69) is 278 Å². The van der Waals surface area contributed by atoms with Crippen LogP contribution in [-0.4, -0.2) is 70.0 Å². The number of aliphatic carboxylic acids is 2. The number of ether oxygens (including phenoxy) is 1. The molecule has 0 saturated heterocycles. The average molecular weight is 1510 g/mol. The van der Waals surface area contributed by atoms with Gasteiger partial charge in [-0.3, -0.25) is 0 Å². The molecule has 15 rings (SSSR count). The quantitative estimate of drug-likeness (QED) is 0.0475. The molecule has 0 aromatic heterocycles. The predicted molar refractivity (Wildman–Crippen MR) is 387 cm³/mol. The molecule has 5 saturated carbocycles. The van der Waals surface area contributed by atoms with Crippen molar-refractivity contribution in [1.82, 2.24) is 0 Å². The van der Waals surface area contributed by atoms with Crippen LogP contribution < -0.4 is 15.3 Å². The zero-order valence-electron chi connectivity index (χ0n) is 57.4. The molecule has 2 N–H and O–H groups in total. The van der Waals surface area contributed by atoms with Crippen molar-refractivity contribution in [2.45, 2.75) is 151 Å². The van der Waals surface area contributed by atoms with Crippen molar-refractivity contribution < 1.29 is 84.6 Å². The van der Waals surface area contributed by atoms with Crippen molar-refractivity contribution in [3.8, 4) is 5.75 Å². The lowest BCUT2D eigenvalue weighted by Gasteiger charge is -2.59. The average Bonchev–Trinajstić information content (AvgIpc) is 0.648. The zero-order valence-corrected chi connectivity index (χ0v) is 59.8. The first kappa shape index (κ1) is 80.4. The van der Waals surface area contributed by atoms with E-state index in [0.717, 1.165) is 25.7 Å². The summed E-state index contributed by atoms with van der Waals surface area (Å²) in [5, 5.41) is 49.4. The van der Waals surface area contributed by atoms with Gasteiger partial charge in [0.1, 0.15) is 24.1 Å². The lowest BCUT2D eigenvalue weighted by Crippen LogP contribution is -2.64. The van der Waals surface area contributed by atoms with Crippen LogP contribution in [0.25, 0.3) is 0 Å². The Labute approximate surface area is 619 Å². The van der Waals surface area contributed by atoms with Gasteiger partial charge >= 0.3 is 35.6 Å². The van der Waals surface area contributed by atoms with E-state index >= 15 is 0 Å². The highest BCUT2D eigenvalue weighted by atomic mass is 32.2. The van der Waals surface area contributed by atoms with Gasteiger partial charge in [-0.2, -0.15) is 35.1 Å². The molecule has 10 aromatic rings. The van der Waals surface area contributed by atoms with Crippen LogP contribution in [0.4, 0.5) is 35.1 Å². The summed E-state index contributed by atoms with van der Waals surface area (Å²) in [5.41, 5.74) is -1.07. The molecule has 1 unspecified atom stereocenters. The van der Waals surface area contributed by atoms with Gasteiger partial charge in [-0.25, -0.2) is 9.59 Å². The van der Waals surface area contributed by atoms with Crippen molar-refractivity contribution in [3.05, 3.63) is 303 Å². The number of carboxylic acid groups (broad SMARTS) is 3. The lowest BCUT2D eigenvalue weighted by molar-refractivity contribution is -0.366. The Balaban J connectivity index is 0.000000149. The molecule has 1 atom stereocenters. The van der Waals surface area contributed by atoms with Crippen molar-refractivity contribution in [3.63, 3.8) is 0 Å². The van der Waals surface area contributed by atoms with E-state index < -0.39 is 70.9 Å². The van der Waals surface area contributed by atoms with Crippen LogP contribution in [0.5, 0.6) is 5.75 Å². The monoisotopic (exact) mass is 1510 g/mol. The Kier molecular flexibility index (Phi) is 28.5. The summed E-state index contributed by atoms with van der Waals surface area (Å²) in [6.07, 6.45) is 3.68. The van der Waals surface area contributed by atoms with Crippen LogP contribution in [0.3, 0.4) is 0 Å². The second-order valence-electron chi connectivity index (χ2n) is 25.8. The van der Waals surface area contributed by atoms with Gasteiger partial charge in [-0.05, 0) is 197 Å². The number of carbonyl (C=O) groups excluding carboxylic acids is 3. The number of para-hydroxylation sites is 1. The number of aliphatic hydroxyl groups excluding tert-OH is 1. The molecule has 10 aromatic carbocycles. The molecule has 552 valence electrons. The summed E-state index contributed by atoms with van der Waals surface area (Å²) >= 11 is 0. The fraction of sp³-hybridized carbons (Fsp3) is 0.247. The highest BCUT2D eigenvalue weighted by Gasteiger charge is 2.76. The highest BCUT2D eigenvalue weighted by molar-refractivity contribution is 7.97. The second-order valence-corrected chi connectivity index (χ2v) is 31.9. The van der Waals surface area contributed by atoms with Gasteiger partial charge in [-0.15, -0.1) is 0 Å². The molecule has 0 spiro atoms. The molecule has 0 heterocycles. The Morgan fingerprint density at radius 2 is 0.642 bits per heavy atom. The molecule has 5 aliphatic carbocycles. The number of carbonyl (C=O) groups is 4. The number of alkyl halides is 8. The lowest BCUT2D eigenvalue weighted by atomic mass is 9.47. The number of aromatic carboxylic acids is 1. The first-order valence-electron chi connectivity index (χ1n) is 34.4. The Bertz CT molecular complexity index is 3750. The Hall–Kier alpha value is -9.67. The third-order valence-electron chi connectivity index (χ3n) is 18.3. The number of benzene rings is 10. The topological polar surface area (TPSA) is 187 Å². The van der Waals surface area contributed by atoms with Crippen LogP contribution in [-0.2, 0) is 51.8 Å². The molecular weight excluding hydrogens is 1430 g/mol. The van der Waals surface area contributed by atoms with Crippen molar-refractivity contribution in [1.29, 1.82) is 0 Å². The molecule has 0 aliphatic heterocycles. The summed E-state index contributed by atoms with van der Waals surface area (Å²) in [7, 11) is -0.0439. The second kappa shape index (κ2) is 37.5. The van der Waals surface area contributed by atoms with Gasteiger partial charge in [0.05, 0.1) is 38.2 Å². The maximum Gasteiger partial charge on any atom is 0.411 e. The Morgan fingerprint density at radius 3 is 0.868 bits per heavy atom. The molecule has 21 heteroatoms. The van der Waals surface area contributed by atoms with Crippen molar-refractivity contribution >= 4 is 56.6 Å². The van der Waals surface area contributed by atoms with E-state index in [1.807, 2.05) is 0 Å². The van der Waals surface area contributed by atoms with E-state index in [0.29, 0.717) is 49.9 Å². The SMILES string of the molecule is O=C(O)c1ccccc1[O-].O=C([O-])C(F)(F)C(F)(F)C(F)(F)C(=O)OC1CCCCC1.O=C([O-])C(F)(F)C(O)C12CC3CC(CC(C3)C1)C2.c1ccc([S+](c2ccccc2)c2ccccc2)cc1.c1ccc([S+](c2ccccc2)c2ccccc2)cc1.c1ccc([S+](c2ccccc2)c2ccccc2)cc1. The van der Waals surface area contributed by atoms with Gasteiger partial charge in [-0.1, -0.05) is 194 Å². The molecule has 0 radical (unpaired) electrons. The maximum absolute atomic E-state index is 13.5. The van der Waals surface area contributed by atoms with Crippen molar-refractivity contribution in [2.75, 3.05) is 0 Å². The summed E-state index contributed by atoms with van der Waals surface area (Å²) in [6.45, 7) is 0. The third-order valence-corrected chi connectivity index (χ3v) is 25.0. The molecule has 5 aliphatic rings. The van der Waals surface area contributed by atoms with Gasteiger partial charge in [0.2, 0.25) is 0 Å². The maximum atomic E-state index is 13.5. The fourth-order valence-electron chi connectivity index (χ4n) is 13.7. The summed E-state index contributed by atoms with van der Waals surface area (Å²) in [6, 6.07) is 102. The molecule has 106 heavy (non-hydrogen) atoms. The normalized spacial score (nSPS) is 17.7. The molecular formula is C85H78F8O10S3. The number of halogens is 8. The minimum absolute atomic E-state index is 0.0146. The largest absolute Gasteiger partial charge is 0.872 e. The van der Waals surface area contributed by atoms with E-state index in [9.17, 15) is 74.7 Å². The summed E-state index contributed by atoms with van der Waals surface area (Å²) in [5.74, 6) is -32.3. The standard InChI is InChI=1S/3C18H15S.C13H18F2O3.C11H12F6O4.C7H6O3/c3*1-4-10-16(11-5-1)19(17-12-6-2-7-13-17)18-14-8-3-9-15-18;14-13(15,11(17)18)10(16)12-4-7-1-8(5-12)3-9(2-7)6-12;12-9(13,7(18)19)11(16,17)10(14,15)8(20)21-6-4-2-1-3-5-6;8-6-4-2-1-3-5(6)7(9)10/h3*1-15H;7-10,16H,1-6H2,(H,17,18);6H,1-5H2,(H,18,19);1-4,8H,(H,9,10)/q3*+1;;;/p-3. The number of hydrogen-bond donors (Lipinski definition) is 2. The highest BCUT2D eigenvalue weighted by Crippen LogP contribution is 2.63. The van der Waals surface area contributed by atoms with Crippen LogP contribution in [0.1, 0.15) is 81.0 Å². The summed E-state index contributed by atoms with van der Waals surface area (Å²) < 4.78 is 109. The number of carboxylic acids is 3. The number of esters is 1. The van der Waals surface area contributed by atoms with Gasteiger partial charge in [0, 0.05) is 5.41 Å². The van der Waals surface area contributed by atoms with Crippen LogP contribution >= 0.6 is 0 Å². The van der Waals surface area contributed by atoms with E-state index in [1.54, 1.807) is 0 Å². The minimum atomic E-state index is -6.47. The van der Waals surface area contributed by atoms with Crippen LogP contribution in [0, 0.1) is 23.2 Å². The number of hydrogen-bond acceptors (Lipinski definition) is 9. The van der Waals surface area contributed by atoms with Gasteiger partial charge in [0.25, 0.3) is 0 Å². The summed E-state index contributed by atoms with van der Waals surface area (Å²) in [4.78, 5) is 54.0. The predicted octanol–water partition coefficient (Wildman–Crippen LogP) is 17.3. The molecule has 10 nitrogen and oxygen atoms in total. The van der Waals surface area contributed by atoms with Crippen LogP contribution in [0.15, 0.2) is 341 Å². The molecule has 5 fully saturated rings. The van der Waals surface area contributed by atoms with E-state index in [1.165, 1.54) is 68.3 Å². The van der Waals surface area contributed by atoms with E-state index in [-0.39, 0.29) is 51.1 Å². The fourth-order valence-corrected chi connectivity index (χ4v) is 20.1. The Morgan fingerprint density at radius 1 is 0.387 bits per heavy atom.